The van der Waals surface area contributed by atoms with Gasteiger partial charge in [0.05, 0.1) is 17.9 Å². The SMILES string of the molecule is CCc1nnsc1C(=O)N(Cc1ccccn1)[C@@H]1CCCNCC1. The number of carbonyl (C=O) groups excluding carboxylic acids is 1. The standard InChI is InChI=1S/C17H23N5OS/c1-2-15-16(24-21-20-15)17(23)22(12-13-6-3-4-10-19-13)14-7-5-9-18-11-8-14/h3-4,6,10,14,18H,2,5,7-9,11-12H2,1H3/t14-/m1/s1. The fourth-order valence-electron chi connectivity index (χ4n) is 3.08. The Morgan fingerprint density at radius 2 is 2.29 bits per heavy atom. The normalized spacial score (nSPS) is 18.1. The Balaban J connectivity index is 1.87. The molecule has 1 amide bonds. The Bertz CT molecular complexity index is 652. The fraction of sp³-hybridized carbons (Fsp3) is 0.529. The quantitative estimate of drug-likeness (QED) is 0.900. The molecule has 1 aliphatic rings. The largest absolute Gasteiger partial charge is 0.329 e. The molecule has 1 atom stereocenters. The topological polar surface area (TPSA) is 71.0 Å². The molecule has 128 valence electrons. The third-order valence-electron chi connectivity index (χ3n) is 4.39. The second-order valence-electron chi connectivity index (χ2n) is 5.99. The zero-order valence-electron chi connectivity index (χ0n) is 13.9. The van der Waals surface area contributed by atoms with E-state index in [1.807, 2.05) is 30.0 Å². The van der Waals surface area contributed by atoms with Gasteiger partial charge in [-0.25, -0.2) is 0 Å². The maximum absolute atomic E-state index is 13.2. The molecule has 2 aromatic heterocycles. The van der Waals surface area contributed by atoms with E-state index in [2.05, 4.69) is 19.9 Å². The van der Waals surface area contributed by atoms with E-state index in [1.165, 1.54) is 11.5 Å². The summed E-state index contributed by atoms with van der Waals surface area (Å²) in [6.45, 7) is 4.50. The van der Waals surface area contributed by atoms with Crippen LogP contribution in [0.2, 0.25) is 0 Å². The van der Waals surface area contributed by atoms with E-state index in [0.29, 0.717) is 11.4 Å². The van der Waals surface area contributed by atoms with Crippen molar-refractivity contribution < 1.29 is 4.79 Å². The molecule has 0 spiro atoms. The smallest absolute Gasteiger partial charge is 0.268 e. The molecular formula is C17H23N5OS. The zero-order valence-corrected chi connectivity index (χ0v) is 14.8. The van der Waals surface area contributed by atoms with Crippen molar-refractivity contribution in [2.45, 2.75) is 45.2 Å². The molecule has 0 bridgehead atoms. The maximum atomic E-state index is 13.2. The summed E-state index contributed by atoms with van der Waals surface area (Å²) in [6.07, 6.45) is 5.56. The first-order chi connectivity index (χ1) is 11.8. The highest BCUT2D eigenvalue weighted by molar-refractivity contribution is 7.08. The monoisotopic (exact) mass is 345 g/mol. The van der Waals surface area contributed by atoms with Crippen molar-refractivity contribution in [2.24, 2.45) is 0 Å². The first kappa shape index (κ1) is 17.0. The van der Waals surface area contributed by atoms with E-state index in [-0.39, 0.29) is 11.9 Å². The summed E-state index contributed by atoms with van der Waals surface area (Å²) in [5, 5.41) is 7.52. The second kappa shape index (κ2) is 8.30. The lowest BCUT2D eigenvalue weighted by molar-refractivity contribution is 0.0646. The summed E-state index contributed by atoms with van der Waals surface area (Å²) in [6, 6.07) is 6.06. The van der Waals surface area contributed by atoms with E-state index in [9.17, 15) is 4.79 Å². The summed E-state index contributed by atoms with van der Waals surface area (Å²) >= 11 is 1.20. The lowest BCUT2D eigenvalue weighted by Gasteiger charge is -2.30. The molecule has 2 aromatic rings. The van der Waals surface area contributed by atoms with Crippen LogP contribution in [0.15, 0.2) is 24.4 Å². The van der Waals surface area contributed by atoms with Crippen LogP contribution in [0, 0.1) is 0 Å². The van der Waals surface area contributed by atoms with Crippen LogP contribution in [-0.2, 0) is 13.0 Å². The highest BCUT2D eigenvalue weighted by Gasteiger charge is 2.29. The molecule has 7 heteroatoms. The van der Waals surface area contributed by atoms with Gasteiger partial charge in [-0.3, -0.25) is 9.78 Å². The maximum Gasteiger partial charge on any atom is 0.268 e. The number of aromatic nitrogens is 3. The molecule has 1 aliphatic heterocycles. The van der Waals surface area contributed by atoms with Crippen molar-refractivity contribution in [3.05, 3.63) is 40.7 Å². The van der Waals surface area contributed by atoms with Gasteiger partial charge in [-0.05, 0) is 62.4 Å². The Hall–Kier alpha value is -1.86. The fourth-order valence-corrected chi connectivity index (χ4v) is 3.78. The van der Waals surface area contributed by atoms with Gasteiger partial charge in [0.15, 0.2) is 0 Å². The minimum absolute atomic E-state index is 0.0411. The number of pyridine rings is 1. The van der Waals surface area contributed by atoms with Gasteiger partial charge in [0.2, 0.25) is 0 Å². The average molecular weight is 345 g/mol. The van der Waals surface area contributed by atoms with Crippen LogP contribution in [0.4, 0.5) is 0 Å². The van der Waals surface area contributed by atoms with E-state index in [4.69, 9.17) is 0 Å². The van der Waals surface area contributed by atoms with Crippen LogP contribution in [0.1, 0.15) is 47.2 Å². The highest BCUT2D eigenvalue weighted by Crippen LogP contribution is 2.22. The molecule has 3 rings (SSSR count). The van der Waals surface area contributed by atoms with Gasteiger partial charge in [-0.1, -0.05) is 17.5 Å². The lowest BCUT2D eigenvalue weighted by atomic mass is 10.1. The third kappa shape index (κ3) is 3.96. The molecule has 1 saturated heterocycles. The molecule has 1 fully saturated rings. The number of amides is 1. The van der Waals surface area contributed by atoms with Gasteiger partial charge < -0.3 is 10.2 Å². The molecular weight excluding hydrogens is 322 g/mol. The molecule has 24 heavy (non-hydrogen) atoms. The van der Waals surface area contributed by atoms with Crippen LogP contribution in [0.25, 0.3) is 0 Å². The third-order valence-corrected chi connectivity index (χ3v) is 5.15. The molecule has 3 heterocycles. The van der Waals surface area contributed by atoms with Gasteiger partial charge >= 0.3 is 0 Å². The van der Waals surface area contributed by atoms with Crippen LogP contribution in [0.3, 0.4) is 0 Å². The predicted molar refractivity (Wildman–Crippen MR) is 93.9 cm³/mol. The minimum atomic E-state index is 0.0411. The van der Waals surface area contributed by atoms with Crippen molar-refractivity contribution >= 4 is 17.4 Å². The molecule has 0 radical (unpaired) electrons. The van der Waals surface area contributed by atoms with Gasteiger partial charge in [0.25, 0.3) is 5.91 Å². The van der Waals surface area contributed by atoms with Gasteiger partial charge in [0, 0.05) is 12.2 Å². The van der Waals surface area contributed by atoms with Crippen molar-refractivity contribution in [1.82, 2.24) is 24.8 Å². The van der Waals surface area contributed by atoms with Crippen molar-refractivity contribution in [1.29, 1.82) is 0 Å². The summed E-state index contributed by atoms with van der Waals surface area (Å²) < 4.78 is 3.98. The molecule has 0 unspecified atom stereocenters. The number of nitrogens with one attached hydrogen (secondary N) is 1. The first-order valence-electron chi connectivity index (χ1n) is 8.52. The van der Waals surface area contributed by atoms with E-state index >= 15 is 0 Å². The first-order valence-corrected chi connectivity index (χ1v) is 9.29. The Kier molecular flexibility index (Phi) is 5.87. The Morgan fingerprint density at radius 1 is 1.38 bits per heavy atom. The zero-order chi connectivity index (χ0) is 16.8. The van der Waals surface area contributed by atoms with Gasteiger partial charge in [-0.2, -0.15) is 0 Å². The molecule has 6 nitrogen and oxygen atoms in total. The molecule has 0 aromatic carbocycles. The molecule has 0 saturated carbocycles. The number of rotatable bonds is 5. The number of hydrogen-bond acceptors (Lipinski definition) is 6. The van der Waals surface area contributed by atoms with E-state index < -0.39 is 0 Å². The summed E-state index contributed by atoms with van der Waals surface area (Å²) in [5.74, 6) is 0.0411. The predicted octanol–water partition coefficient (Wildman–Crippen LogP) is 2.28. The van der Waals surface area contributed by atoms with Crippen LogP contribution in [-0.4, -0.2) is 44.5 Å². The highest BCUT2D eigenvalue weighted by atomic mass is 32.1. The van der Waals surface area contributed by atoms with Crippen molar-refractivity contribution in [3.8, 4) is 0 Å². The second-order valence-corrected chi connectivity index (χ2v) is 6.75. The summed E-state index contributed by atoms with van der Waals surface area (Å²) in [5.41, 5.74) is 1.71. The van der Waals surface area contributed by atoms with Crippen molar-refractivity contribution in [3.63, 3.8) is 0 Å². The van der Waals surface area contributed by atoms with E-state index in [0.717, 1.165) is 50.2 Å². The van der Waals surface area contributed by atoms with E-state index in [1.54, 1.807) is 6.20 Å². The Morgan fingerprint density at radius 3 is 3.08 bits per heavy atom. The Labute approximate surface area is 146 Å². The number of carbonyl (C=O) groups is 1. The van der Waals surface area contributed by atoms with Crippen LogP contribution in [0.5, 0.6) is 0 Å². The van der Waals surface area contributed by atoms with Crippen LogP contribution < -0.4 is 5.32 Å². The lowest BCUT2D eigenvalue weighted by Crippen LogP contribution is -2.40. The summed E-state index contributed by atoms with van der Waals surface area (Å²) in [7, 11) is 0. The minimum Gasteiger partial charge on any atom is -0.329 e. The van der Waals surface area contributed by atoms with Crippen LogP contribution >= 0.6 is 11.5 Å². The number of nitrogens with zero attached hydrogens (tertiary/aromatic N) is 4. The number of aryl methyl sites for hydroxylation is 1. The molecule has 1 N–H and O–H groups in total. The van der Waals surface area contributed by atoms with Gasteiger partial charge in [0.1, 0.15) is 4.88 Å². The average Bonchev–Trinajstić information content (AvgIpc) is 2.94. The van der Waals surface area contributed by atoms with Gasteiger partial charge in [-0.15, -0.1) is 5.10 Å². The summed E-state index contributed by atoms with van der Waals surface area (Å²) in [4.78, 5) is 20.3. The van der Waals surface area contributed by atoms with Crippen molar-refractivity contribution in [2.75, 3.05) is 13.1 Å². The number of hydrogen-bond donors (Lipinski definition) is 1. The molecule has 0 aliphatic carbocycles.